The van der Waals surface area contributed by atoms with Crippen LogP contribution in [0.1, 0.15) is 96.3 Å². The Morgan fingerprint density at radius 2 is 1.55 bits per heavy atom. The van der Waals surface area contributed by atoms with Crippen LogP contribution in [-0.4, -0.2) is 11.1 Å². The molecule has 0 spiro atoms. The number of carbonyl (C=O) groups is 1. The van der Waals surface area contributed by atoms with Crippen molar-refractivity contribution in [1.29, 1.82) is 0 Å². The number of rotatable bonds is 11. The molecule has 2 heteroatoms. The summed E-state index contributed by atoms with van der Waals surface area (Å²) in [4.78, 5) is 10.4. The number of unbranched alkanes of at least 4 members (excludes halogenated alkanes) is 7. The van der Waals surface area contributed by atoms with Crippen LogP contribution in [0.15, 0.2) is 11.6 Å². The smallest absolute Gasteiger partial charge is 0.303 e. The molecule has 0 aromatic heterocycles. The van der Waals surface area contributed by atoms with Crippen molar-refractivity contribution >= 4 is 5.97 Å². The summed E-state index contributed by atoms with van der Waals surface area (Å²) in [6, 6.07) is 0. The molecule has 1 aliphatic rings. The second-order valence-corrected chi connectivity index (χ2v) is 6.18. The minimum absolute atomic E-state index is 0.342. The van der Waals surface area contributed by atoms with Gasteiger partial charge < -0.3 is 5.11 Å². The van der Waals surface area contributed by atoms with E-state index in [4.69, 9.17) is 5.11 Å². The Kier molecular flexibility index (Phi) is 10.3. The lowest BCUT2D eigenvalue weighted by atomic mass is 10.0. The minimum atomic E-state index is -0.655. The van der Waals surface area contributed by atoms with E-state index in [2.05, 4.69) is 6.08 Å². The van der Waals surface area contributed by atoms with Crippen molar-refractivity contribution in [2.24, 2.45) is 0 Å². The van der Waals surface area contributed by atoms with Crippen LogP contribution in [0.25, 0.3) is 0 Å². The third-order valence-electron chi connectivity index (χ3n) is 4.27. The molecule has 0 radical (unpaired) electrons. The SMILES string of the molecule is O=C(O)CCCCCCCCCCC1=CCCCCC1. The molecule has 0 heterocycles. The molecule has 0 unspecified atom stereocenters. The first kappa shape index (κ1) is 17.3. The van der Waals surface area contributed by atoms with Gasteiger partial charge in [-0.15, -0.1) is 0 Å². The fourth-order valence-corrected chi connectivity index (χ4v) is 3.00. The van der Waals surface area contributed by atoms with Crippen LogP contribution in [-0.2, 0) is 4.79 Å². The molecular formula is C18H32O2. The lowest BCUT2D eigenvalue weighted by Crippen LogP contribution is -1.93. The Bertz CT molecular complexity index is 281. The third kappa shape index (κ3) is 10.1. The summed E-state index contributed by atoms with van der Waals surface area (Å²) in [6.07, 6.45) is 20.9. The van der Waals surface area contributed by atoms with Gasteiger partial charge in [-0.3, -0.25) is 4.79 Å². The van der Waals surface area contributed by atoms with E-state index in [0.29, 0.717) is 6.42 Å². The predicted octanol–water partition coefficient (Wildman–Crippen LogP) is 5.86. The number of aliphatic carboxylic acids is 1. The zero-order valence-electron chi connectivity index (χ0n) is 13.0. The van der Waals surface area contributed by atoms with Gasteiger partial charge in [0.25, 0.3) is 0 Å². The first-order valence-electron chi connectivity index (χ1n) is 8.69. The van der Waals surface area contributed by atoms with Gasteiger partial charge in [-0.1, -0.05) is 56.6 Å². The summed E-state index contributed by atoms with van der Waals surface area (Å²) in [5.74, 6) is -0.655. The van der Waals surface area contributed by atoms with E-state index >= 15 is 0 Å². The first-order valence-corrected chi connectivity index (χ1v) is 8.69. The van der Waals surface area contributed by atoms with Crippen LogP contribution < -0.4 is 0 Å². The second kappa shape index (κ2) is 12.0. The number of hydrogen-bond acceptors (Lipinski definition) is 1. The highest BCUT2D eigenvalue weighted by Gasteiger charge is 2.02. The molecule has 2 nitrogen and oxygen atoms in total. The van der Waals surface area contributed by atoms with E-state index < -0.39 is 5.97 Å². The quantitative estimate of drug-likeness (QED) is 0.380. The summed E-state index contributed by atoms with van der Waals surface area (Å²) < 4.78 is 0. The predicted molar refractivity (Wildman–Crippen MR) is 85.0 cm³/mol. The van der Waals surface area contributed by atoms with Crippen molar-refractivity contribution in [3.63, 3.8) is 0 Å². The van der Waals surface area contributed by atoms with Crippen LogP contribution in [0, 0.1) is 0 Å². The van der Waals surface area contributed by atoms with Gasteiger partial charge >= 0.3 is 5.97 Å². The minimum Gasteiger partial charge on any atom is -0.481 e. The van der Waals surface area contributed by atoms with Crippen molar-refractivity contribution in [3.8, 4) is 0 Å². The molecular weight excluding hydrogens is 248 g/mol. The Balaban J connectivity index is 1.82. The Morgan fingerprint density at radius 3 is 2.25 bits per heavy atom. The summed E-state index contributed by atoms with van der Waals surface area (Å²) >= 11 is 0. The van der Waals surface area contributed by atoms with E-state index in [1.54, 1.807) is 5.57 Å². The van der Waals surface area contributed by atoms with Crippen molar-refractivity contribution in [1.82, 2.24) is 0 Å². The van der Waals surface area contributed by atoms with Gasteiger partial charge in [0, 0.05) is 6.42 Å². The zero-order valence-corrected chi connectivity index (χ0v) is 13.0. The molecule has 0 aromatic carbocycles. The topological polar surface area (TPSA) is 37.3 Å². The molecule has 0 fully saturated rings. The van der Waals surface area contributed by atoms with Gasteiger partial charge in [0.05, 0.1) is 0 Å². The number of carboxylic acids is 1. The van der Waals surface area contributed by atoms with Crippen LogP contribution in [0.5, 0.6) is 0 Å². The number of allylic oxidation sites excluding steroid dienone is 2. The zero-order chi connectivity index (χ0) is 14.5. The van der Waals surface area contributed by atoms with Gasteiger partial charge in [0.1, 0.15) is 0 Å². The summed E-state index contributed by atoms with van der Waals surface area (Å²) in [6.45, 7) is 0. The van der Waals surface area contributed by atoms with E-state index in [-0.39, 0.29) is 0 Å². The van der Waals surface area contributed by atoms with Gasteiger partial charge in [-0.2, -0.15) is 0 Å². The Morgan fingerprint density at radius 1 is 0.900 bits per heavy atom. The van der Waals surface area contributed by atoms with Crippen molar-refractivity contribution in [3.05, 3.63) is 11.6 Å². The monoisotopic (exact) mass is 280 g/mol. The molecule has 1 rings (SSSR count). The molecule has 1 aliphatic carbocycles. The lowest BCUT2D eigenvalue weighted by molar-refractivity contribution is -0.137. The third-order valence-corrected chi connectivity index (χ3v) is 4.27. The van der Waals surface area contributed by atoms with Crippen molar-refractivity contribution in [2.75, 3.05) is 0 Å². The molecule has 0 saturated heterocycles. The molecule has 0 bridgehead atoms. The highest BCUT2D eigenvalue weighted by Crippen LogP contribution is 2.22. The number of carboxylic acid groups (broad SMARTS) is 1. The van der Waals surface area contributed by atoms with E-state index in [0.717, 1.165) is 12.8 Å². The summed E-state index contributed by atoms with van der Waals surface area (Å²) in [5.41, 5.74) is 1.72. The normalized spacial score (nSPS) is 15.7. The van der Waals surface area contributed by atoms with Crippen LogP contribution in [0.3, 0.4) is 0 Å². The lowest BCUT2D eigenvalue weighted by Gasteiger charge is -2.05. The van der Waals surface area contributed by atoms with E-state index in [9.17, 15) is 4.79 Å². The molecule has 116 valence electrons. The highest BCUT2D eigenvalue weighted by molar-refractivity contribution is 5.66. The summed E-state index contributed by atoms with van der Waals surface area (Å²) in [5, 5.41) is 8.53. The maximum Gasteiger partial charge on any atom is 0.303 e. The van der Waals surface area contributed by atoms with Crippen LogP contribution in [0.2, 0.25) is 0 Å². The average molecular weight is 280 g/mol. The number of hydrogen-bond donors (Lipinski definition) is 1. The van der Waals surface area contributed by atoms with E-state index in [1.807, 2.05) is 0 Å². The molecule has 20 heavy (non-hydrogen) atoms. The van der Waals surface area contributed by atoms with Crippen LogP contribution >= 0.6 is 0 Å². The van der Waals surface area contributed by atoms with Crippen LogP contribution in [0.4, 0.5) is 0 Å². The van der Waals surface area contributed by atoms with Gasteiger partial charge in [0.15, 0.2) is 0 Å². The maximum absolute atomic E-state index is 10.4. The first-order chi connectivity index (χ1) is 9.79. The molecule has 1 N–H and O–H groups in total. The maximum atomic E-state index is 10.4. The Hall–Kier alpha value is -0.790. The van der Waals surface area contributed by atoms with Crippen molar-refractivity contribution < 1.29 is 9.90 Å². The molecule has 0 atom stereocenters. The van der Waals surface area contributed by atoms with Gasteiger partial charge in [0.2, 0.25) is 0 Å². The average Bonchev–Trinajstić information content (AvgIpc) is 2.69. The molecule has 0 amide bonds. The summed E-state index contributed by atoms with van der Waals surface area (Å²) in [7, 11) is 0. The fraction of sp³-hybridized carbons (Fsp3) is 0.833. The van der Waals surface area contributed by atoms with Gasteiger partial charge in [-0.05, 0) is 44.9 Å². The van der Waals surface area contributed by atoms with Gasteiger partial charge in [-0.25, -0.2) is 0 Å². The molecule has 0 aliphatic heterocycles. The second-order valence-electron chi connectivity index (χ2n) is 6.18. The largest absolute Gasteiger partial charge is 0.481 e. The molecule has 0 aromatic rings. The standard InChI is InChI=1S/C18H32O2/c19-18(20)16-12-6-4-2-1-3-5-9-13-17-14-10-7-8-11-15-17/h14H,1-13,15-16H2,(H,19,20). The highest BCUT2D eigenvalue weighted by atomic mass is 16.4. The Labute approximate surface area is 124 Å². The molecule has 0 saturated carbocycles. The van der Waals surface area contributed by atoms with E-state index in [1.165, 1.54) is 77.0 Å². The van der Waals surface area contributed by atoms with Crippen molar-refractivity contribution in [2.45, 2.75) is 96.3 Å². The fourth-order valence-electron chi connectivity index (χ4n) is 3.00.